The highest BCUT2D eigenvalue weighted by Crippen LogP contribution is 2.25. The van der Waals surface area contributed by atoms with E-state index >= 15 is 0 Å². The first-order valence-corrected chi connectivity index (χ1v) is 11.5. The number of benzene rings is 2. The molecule has 10 nitrogen and oxygen atoms in total. The van der Waals surface area contributed by atoms with Crippen LogP contribution in [0.4, 0.5) is 5.69 Å². The Hall–Kier alpha value is -4.99. The smallest absolute Gasteiger partial charge is 0.269 e. The fourth-order valence-electron chi connectivity index (χ4n) is 4.11. The largest absolute Gasteiger partial charge is 0.497 e. The fourth-order valence-corrected chi connectivity index (χ4v) is 4.11. The van der Waals surface area contributed by atoms with E-state index in [1.807, 2.05) is 37.3 Å². The molecule has 0 saturated heterocycles. The van der Waals surface area contributed by atoms with Crippen molar-refractivity contribution in [3.8, 4) is 28.4 Å². The van der Waals surface area contributed by atoms with Crippen LogP contribution in [0, 0.1) is 24.0 Å². The van der Waals surface area contributed by atoms with Crippen LogP contribution in [0.15, 0.2) is 77.7 Å². The maximum atomic E-state index is 13.6. The first kappa shape index (κ1) is 23.7. The van der Waals surface area contributed by atoms with Crippen molar-refractivity contribution in [2.24, 2.45) is 0 Å². The van der Waals surface area contributed by atoms with Crippen molar-refractivity contribution < 1.29 is 14.4 Å². The molecule has 0 bridgehead atoms. The molecule has 0 atom stereocenters. The Balaban J connectivity index is 1.48. The summed E-state index contributed by atoms with van der Waals surface area (Å²) in [5.74, 6) is 1.17. The van der Waals surface area contributed by atoms with Gasteiger partial charge in [0.15, 0.2) is 11.4 Å². The molecule has 37 heavy (non-hydrogen) atoms. The van der Waals surface area contributed by atoms with E-state index in [0.29, 0.717) is 28.3 Å². The van der Waals surface area contributed by atoms with Crippen molar-refractivity contribution in [1.29, 1.82) is 0 Å². The second kappa shape index (κ2) is 9.57. The van der Waals surface area contributed by atoms with Gasteiger partial charge in [-0.05, 0) is 74.0 Å². The quantitative estimate of drug-likeness (QED) is 0.237. The van der Waals surface area contributed by atoms with E-state index in [1.54, 1.807) is 49.2 Å². The van der Waals surface area contributed by atoms with Crippen molar-refractivity contribution >= 4 is 11.3 Å². The summed E-state index contributed by atoms with van der Waals surface area (Å²) in [7, 11) is 1.61. The molecule has 0 aliphatic rings. The lowest BCUT2D eigenvalue weighted by Crippen LogP contribution is -2.19. The second-order valence-electron chi connectivity index (χ2n) is 8.44. The molecule has 0 radical (unpaired) electrons. The van der Waals surface area contributed by atoms with Crippen LogP contribution in [0.2, 0.25) is 0 Å². The Morgan fingerprint density at radius 1 is 1.03 bits per heavy atom. The van der Waals surface area contributed by atoms with Gasteiger partial charge in [-0.15, -0.1) is 0 Å². The molecule has 5 aromatic rings. The number of nitrogens with zero attached hydrogens (tertiary/aromatic N) is 5. The highest BCUT2D eigenvalue weighted by Gasteiger charge is 2.18. The summed E-state index contributed by atoms with van der Waals surface area (Å²) in [5.41, 5.74) is 4.04. The van der Waals surface area contributed by atoms with Crippen LogP contribution in [0.25, 0.3) is 22.6 Å². The maximum Gasteiger partial charge on any atom is 0.269 e. The Bertz CT molecular complexity index is 1670. The Labute approximate surface area is 211 Å². The van der Waals surface area contributed by atoms with E-state index in [1.165, 1.54) is 16.5 Å². The molecular weight excluding hydrogens is 474 g/mol. The molecule has 186 valence electrons. The Morgan fingerprint density at radius 2 is 1.76 bits per heavy atom. The molecule has 3 heterocycles. The zero-order valence-electron chi connectivity index (χ0n) is 20.4. The van der Waals surface area contributed by atoms with Gasteiger partial charge in [-0.25, -0.2) is 9.67 Å². The van der Waals surface area contributed by atoms with Crippen LogP contribution < -0.4 is 15.0 Å². The summed E-state index contributed by atoms with van der Waals surface area (Å²) in [5, 5.41) is 15.6. The Morgan fingerprint density at radius 3 is 2.43 bits per heavy atom. The molecule has 0 N–H and O–H groups in total. The minimum Gasteiger partial charge on any atom is -0.497 e. The van der Waals surface area contributed by atoms with Crippen LogP contribution >= 0.6 is 0 Å². The minimum atomic E-state index is -0.451. The third-order valence-corrected chi connectivity index (χ3v) is 6.00. The first-order chi connectivity index (χ1) is 17.9. The van der Waals surface area contributed by atoms with Gasteiger partial charge in [-0.1, -0.05) is 0 Å². The predicted octanol–water partition coefficient (Wildman–Crippen LogP) is 4.66. The van der Waals surface area contributed by atoms with Gasteiger partial charge in [0.2, 0.25) is 0 Å². The number of pyridine rings is 1. The zero-order valence-corrected chi connectivity index (χ0v) is 20.4. The predicted molar refractivity (Wildman–Crippen MR) is 137 cm³/mol. The number of rotatable bonds is 7. The number of nitro benzene ring substituents is 1. The lowest BCUT2D eigenvalue weighted by molar-refractivity contribution is -0.384. The number of hydrogen-bond acceptors (Lipinski definition) is 7. The van der Waals surface area contributed by atoms with Gasteiger partial charge < -0.3 is 9.47 Å². The van der Waals surface area contributed by atoms with Crippen LogP contribution in [-0.4, -0.2) is 31.2 Å². The lowest BCUT2D eigenvalue weighted by atomic mass is 10.1. The van der Waals surface area contributed by atoms with Gasteiger partial charge in [-0.3, -0.25) is 19.3 Å². The number of nitro groups is 1. The van der Waals surface area contributed by atoms with Crippen molar-refractivity contribution in [3.05, 3.63) is 110 Å². The fraction of sp³-hybridized carbons (Fsp3) is 0.148. The average molecular weight is 498 g/mol. The van der Waals surface area contributed by atoms with Crippen LogP contribution in [0.1, 0.15) is 17.0 Å². The molecule has 0 aliphatic carbocycles. The molecule has 2 aromatic carbocycles. The molecule has 3 aromatic heterocycles. The molecule has 10 heteroatoms. The van der Waals surface area contributed by atoms with Crippen LogP contribution in [0.5, 0.6) is 11.5 Å². The van der Waals surface area contributed by atoms with E-state index in [2.05, 4.69) is 4.98 Å². The van der Waals surface area contributed by atoms with E-state index in [4.69, 9.17) is 14.6 Å². The van der Waals surface area contributed by atoms with Gasteiger partial charge in [0.25, 0.3) is 11.2 Å². The van der Waals surface area contributed by atoms with Gasteiger partial charge >= 0.3 is 0 Å². The number of ether oxygens (including phenoxy) is 2. The van der Waals surface area contributed by atoms with Crippen LogP contribution in [0.3, 0.4) is 0 Å². The van der Waals surface area contributed by atoms with Crippen LogP contribution in [-0.2, 0) is 6.61 Å². The Kier molecular flexibility index (Phi) is 6.14. The number of aromatic nitrogens is 4. The maximum absolute atomic E-state index is 13.6. The summed E-state index contributed by atoms with van der Waals surface area (Å²) in [6.45, 7) is 3.86. The average Bonchev–Trinajstić information content (AvgIpc) is 3.28. The molecule has 5 rings (SSSR count). The van der Waals surface area contributed by atoms with Crippen molar-refractivity contribution in [1.82, 2.24) is 19.2 Å². The highest BCUT2D eigenvalue weighted by atomic mass is 16.6. The monoisotopic (exact) mass is 497 g/mol. The lowest BCUT2D eigenvalue weighted by Gasteiger charge is -2.11. The van der Waals surface area contributed by atoms with E-state index in [0.717, 1.165) is 22.7 Å². The van der Waals surface area contributed by atoms with Crippen molar-refractivity contribution in [2.45, 2.75) is 20.5 Å². The molecule has 0 saturated carbocycles. The summed E-state index contributed by atoms with van der Waals surface area (Å²) < 4.78 is 14.4. The summed E-state index contributed by atoms with van der Waals surface area (Å²) in [6.07, 6.45) is 1.64. The van der Waals surface area contributed by atoms with E-state index in [-0.39, 0.29) is 17.9 Å². The highest BCUT2D eigenvalue weighted by molar-refractivity contribution is 5.65. The van der Waals surface area contributed by atoms with Gasteiger partial charge in [-0.2, -0.15) is 5.10 Å². The number of hydrogen-bond donors (Lipinski definition) is 0. The third-order valence-electron chi connectivity index (χ3n) is 6.00. The first-order valence-electron chi connectivity index (χ1n) is 11.5. The third kappa shape index (κ3) is 4.52. The summed E-state index contributed by atoms with van der Waals surface area (Å²) in [6, 6.07) is 18.9. The minimum absolute atomic E-state index is 0.00922. The van der Waals surface area contributed by atoms with Gasteiger partial charge in [0, 0.05) is 24.0 Å². The van der Waals surface area contributed by atoms with Crippen molar-refractivity contribution in [3.63, 3.8) is 0 Å². The molecule has 0 fully saturated rings. The van der Waals surface area contributed by atoms with E-state index in [9.17, 15) is 14.9 Å². The standard InChI is InChI=1S/C27H23N5O5/c1-17-15-23(29-31(17)20-10-12-22(36-3)13-11-20)25-18(2)28-26-24(5-4-14-30(26)27(25)33)37-16-19-6-8-21(9-7-19)32(34)35/h4-15H,16H2,1-3H3. The number of non-ortho nitro benzene ring substituents is 1. The molecule has 0 aliphatic heterocycles. The molecule has 0 unspecified atom stereocenters. The van der Waals surface area contributed by atoms with Gasteiger partial charge in [0.1, 0.15) is 18.1 Å². The normalized spacial score (nSPS) is 11.0. The number of methoxy groups -OCH3 is 1. The number of aryl methyl sites for hydroxylation is 2. The summed E-state index contributed by atoms with van der Waals surface area (Å²) >= 11 is 0. The second-order valence-corrected chi connectivity index (χ2v) is 8.44. The number of fused-ring (bicyclic) bond motifs is 1. The van der Waals surface area contributed by atoms with E-state index < -0.39 is 4.92 Å². The SMILES string of the molecule is COc1ccc(-n2nc(-c3c(C)nc4c(OCc5ccc([N+](=O)[O-])cc5)cccn4c3=O)cc2C)cc1. The summed E-state index contributed by atoms with van der Waals surface area (Å²) in [4.78, 5) is 28.7. The van der Waals surface area contributed by atoms with Crippen molar-refractivity contribution in [2.75, 3.05) is 7.11 Å². The molecule has 0 amide bonds. The van der Waals surface area contributed by atoms with Gasteiger partial charge in [0.05, 0.1) is 29.0 Å². The molecule has 0 spiro atoms. The zero-order chi connectivity index (χ0) is 26.1. The molecular formula is C27H23N5O5. The topological polar surface area (TPSA) is 114 Å².